The van der Waals surface area contributed by atoms with Crippen molar-refractivity contribution in [3.63, 3.8) is 0 Å². The summed E-state index contributed by atoms with van der Waals surface area (Å²) in [4.78, 5) is 17.1. The molecule has 0 unspecified atom stereocenters. The molecule has 37 heavy (non-hydrogen) atoms. The lowest BCUT2D eigenvalue weighted by Gasteiger charge is -2.36. The molecular formula is C29H27BrFN3O3. The Morgan fingerprint density at radius 1 is 1.05 bits per heavy atom. The van der Waals surface area contributed by atoms with E-state index >= 15 is 0 Å². The maximum atomic E-state index is 13.2. The molecule has 1 fully saturated rings. The number of ether oxygens (including phenoxy) is 2. The van der Waals surface area contributed by atoms with Crippen LogP contribution in [0, 0.1) is 17.1 Å². The Morgan fingerprint density at radius 3 is 2.41 bits per heavy atom. The van der Waals surface area contributed by atoms with E-state index in [0.717, 1.165) is 11.3 Å². The van der Waals surface area contributed by atoms with Crippen molar-refractivity contribution in [2.45, 2.75) is 13.5 Å². The number of hydrogen-bond acceptors (Lipinski definition) is 5. The van der Waals surface area contributed by atoms with Gasteiger partial charge in [-0.2, -0.15) is 5.26 Å². The fourth-order valence-electron chi connectivity index (χ4n) is 4.10. The summed E-state index contributed by atoms with van der Waals surface area (Å²) in [5, 5.41) is 9.77. The van der Waals surface area contributed by atoms with Crippen LogP contribution in [0.3, 0.4) is 0 Å². The van der Waals surface area contributed by atoms with Gasteiger partial charge in [-0.05, 0) is 76.5 Å². The summed E-state index contributed by atoms with van der Waals surface area (Å²) in [6.45, 7) is 4.98. The lowest BCUT2D eigenvalue weighted by atomic mass is 10.1. The molecule has 6 nitrogen and oxygen atoms in total. The molecule has 1 heterocycles. The molecule has 3 aromatic rings. The number of carbonyl (C=O) groups excluding carboxylic acids is 1. The molecule has 1 saturated heterocycles. The Labute approximate surface area is 224 Å². The second kappa shape index (κ2) is 12.4. The molecule has 1 aliphatic heterocycles. The van der Waals surface area contributed by atoms with Crippen LogP contribution in [0.1, 0.15) is 18.1 Å². The van der Waals surface area contributed by atoms with Crippen LogP contribution in [0.25, 0.3) is 6.08 Å². The number of anilines is 1. The minimum Gasteiger partial charge on any atom is -0.490 e. The Kier molecular flexibility index (Phi) is 8.81. The number of carbonyl (C=O) groups is 1. The van der Waals surface area contributed by atoms with Gasteiger partial charge in [0, 0.05) is 31.9 Å². The maximum Gasteiger partial charge on any atom is 0.264 e. The molecule has 0 bridgehead atoms. The van der Waals surface area contributed by atoms with E-state index in [2.05, 4.69) is 39.0 Å². The largest absolute Gasteiger partial charge is 0.490 e. The average Bonchev–Trinajstić information content (AvgIpc) is 2.92. The number of piperazine rings is 1. The van der Waals surface area contributed by atoms with Crippen LogP contribution in [-0.2, 0) is 11.4 Å². The smallest absolute Gasteiger partial charge is 0.264 e. The van der Waals surface area contributed by atoms with Crippen molar-refractivity contribution in [2.24, 2.45) is 0 Å². The number of nitriles is 1. The summed E-state index contributed by atoms with van der Waals surface area (Å²) in [6, 6.07) is 21.7. The normalized spacial score (nSPS) is 13.7. The highest BCUT2D eigenvalue weighted by molar-refractivity contribution is 9.10. The van der Waals surface area contributed by atoms with Crippen molar-refractivity contribution in [3.05, 3.63) is 93.7 Å². The van der Waals surface area contributed by atoms with Crippen molar-refractivity contribution in [3.8, 4) is 17.6 Å². The molecule has 1 aliphatic rings. The van der Waals surface area contributed by atoms with Crippen molar-refractivity contribution in [1.82, 2.24) is 4.90 Å². The van der Waals surface area contributed by atoms with E-state index in [-0.39, 0.29) is 23.9 Å². The first-order valence-corrected chi connectivity index (χ1v) is 12.8. The van der Waals surface area contributed by atoms with Gasteiger partial charge in [0.05, 0.1) is 11.1 Å². The van der Waals surface area contributed by atoms with Crippen LogP contribution in [0.4, 0.5) is 10.1 Å². The molecule has 1 amide bonds. The first kappa shape index (κ1) is 26.2. The summed E-state index contributed by atoms with van der Waals surface area (Å²) in [6.07, 6.45) is 1.57. The van der Waals surface area contributed by atoms with Crippen LogP contribution >= 0.6 is 15.9 Å². The summed E-state index contributed by atoms with van der Waals surface area (Å²) >= 11 is 3.53. The number of rotatable bonds is 8. The first-order chi connectivity index (χ1) is 18.0. The summed E-state index contributed by atoms with van der Waals surface area (Å²) < 4.78 is 25.6. The van der Waals surface area contributed by atoms with E-state index in [1.165, 1.54) is 12.1 Å². The van der Waals surface area contributed by atoms with Crippen molar-refractivity contribution < 1.29 is 18.7 Å². The van der Waals surface area contributed by atoms with E-state index in [1.807, 2.05) is 25.1 Å². The number of nitrogens with zero attached hydrogens (tertiary/aromatic N) is 3. The number of benzene rings is 3. The van der Waals surface area contributed by atoms with Crippen LogP contribution in [0.15, 0.2) is 76.8 Å². The predicted octanol–water partition coefficient (Wildman–Crippen LogP) is 5.82. The van der Waals surface area contributed by atoms with E-state index in [1.54, 1.807) is 35.2 Å². The highest BCUT2D eigenvalue weighted by atomic mass is 79.9. The van der Waals surface area contributed by atoms with Gasteiger partial charge in [0.1, 0.15) is 24.1 Å². The Hall–Kier alpha value is -3.83. The zero-order valence-electron chi connectivity index (χ0n) is 20.5. The molecule has 0 aliphatic carbocycles. The van der Waals surface area contributed by atoms with Gasteiger partial charge in [-0.15, -0.1) is 0 Å². The first-order valence-electron chi connectivity index (χ1n) is 12.0. The van der Waals surface area contributed by atoms with Crippen LogP contribution < -0.4 is 14.4 Å². The third-order valence-electron chi connectivity index (χ3n) is 5.98. The molecule has 3 aromatic carbocycles. The third kappa shape index (κ3) is 6.69. The van der Waals surface area contributed by atoms with Crippen molar-refractivity contribution >= 4 is 33.6 Å². The van der Waals surface area contributed by atoms with Crippen molar-refractivity contribution in [1.29, 1.82) is 5.26 Å². The molecule has 4 rings (SSSR count). The van der Waals surface area contributed by atoms with Crippen LogP contribution in [-0.4, -0.2) is 43.6 Å². The van der Waals surface area contributed by atoms with Crippen LogP contribution in [0.5, 0.6) is 11.5 Å². The lowest BCUT2D eigenvalue weighted by Crippen LogP contribution is -2.49. The van der Waals surface area contributed by atoms with Gasteiger partial charge in [-0.1, -0.05) is 30.3 Å². The number of hydrogen-bond donors (Lipinski definition) is 0. The minimum absolute atomic E-state index is 0.0579. The van der Waals surface area contributed by atoms with E-state index in [4.69, 9.17) is 9.47 Å². The van der Waals surface area contributed by atoms with Gasteiger partial charge in [0.2, 0.25) is 0 Å². The fraction of sp³-hybridized carbons (Fsp3) is 0.241. The number of halogens is 2. The quantitative estimate of drug-likeness (QED) is 0.255. The summed E-state index contributed by atoms with van der Waals surface area (Å²) in [7, 11) is 0. The monoisotopic (exact) mass is 563 g/mol. The predicted molar refractivity (Wildman–Crippen MR) is 145 cm³/mol. The van der Waals surface area contributed by atoms with E-state index in [0.29, 0.717) is 54.3 Å². The van der Waals surface area contributed by atoms with Gasteiger partial charge in [-0.25, -0.2) is 4.39 Å². The Balaban J connectivity index is 1.48. The van der Waals surface area contributed by atoms with Gasteiger partial charge in [0.25, 0.3) is 5.91 Å². The van der Waals surface area contributed by atoms with Gasteiger partial charge >= 0.3 is 0 Å². The molecule has 190 valence electrons. The minimum atomic E-state index is -0.308. The zero-order valence-corrected chi connectivity index (χ0v) is 22.1. The van der Waals surface area contributed by atoms with Gasteiger partial charge < -0.3 is 19.3 Å². The van der Waals surface area contributed by atoms with E-state index < -0.39 is 0 Å². The third-order valence-corrected chi connectivity index (χ3v) is 6.57. The highest BCUT2D eigenvalue weighted by Crippen LogP contribution is 2.38. The molecule has 8 heteroatoms. The fourth-order valence-corrected chi connectivity index (χ4v) is 4.67. The summed E-state index contributed by atoms with van der Waals surface area (Å²) in [5.41, 5.74) is 2.63. The molecule has 0 atom stereocenters. The lowest BCUT2D eigenvalue weighted by molar-refractivity contribution is -0.126. The standard InChI is InChI=1S/C29H27BrFN3O3/c1-2-36-27-18-22(17-26(30)28(27)37-20-21-8-10-24(31)11-9-21)16-23(19-32)29(35)34-14-12-33(13-15-34)25-6-4-3-5-7-25/h3-11,16-18H,2,12-15,20H2,1H3/b23-16-. The molecule has 0 saturated carbocycles. The van der Waals surface area contributed by atoms with Crippen LogP contribution in [0.2, 0.25) is 0 Å². The zero-order chi connectivity index (χ0) is 26.2. The van der Waals surface area contributed by atoms with Gasteiger partial charge in [0.15, 0.2) is 11.5 Å². The topological polar surface area (TPSA) is 65.8 Å². The Morgan fingerprint density at radius 2 is 1.76 bits per heavy atom. The molecule has 0 radical (unpaired) electrons. The van der Waals surface area contributed by atoms with Gasteiger partial charge in [-0.3, -0.25) is 4.79 Å². The second-order valence-corrected chi connectivity index (χ2v) is 9.32. The molecule has 0 N–H and O–H groups in total. The number of amides is 1. The average molecular weight is 564 g/mol. The molecule has 0 aromatic heterocycles. The number of para-hydroxylation sites is 1. The maximum absolute atomic E-state index is 13.2. The summed E-state index contributed by atoms with van der Waals surface area (Å²) in [5.74, 6) is 0.370. The Bertz CT molecular complexity index is 1300. The highest BCUT2D eigenvalue weighted by Gasteiger charge is 2.24. The van der Waals surface area contributed by atoms with E-state index in [9.17, 15) is 14.4 Å². The molecular weight excluding hydrogens is 537 g/mol. The molecule has 0 spiro atoms. The van der Waals surface area contributed by atoms with Crippen molar-refractivity contribution in [2.75, 3.05) is 37.7 Å². The SMILES string of the molecule is CCOc1cc(/C=C(/C#N)C(=O)N2CCN(c3ccccc3)CC2)cc(Br)c1OCc1ccc(F)cc1. The second-order valence-electron chi connectivity index (χ2n) is 8.46.